The van der Waals surface area contributed by atoms with Crippen LogP contribution >= 0.6 is 34.8 Å². The highest BCUT2D eigenvalue weighted by atomic mass is 35.5. The average Bonchev–Trinajstić information content (AvgIpc) is 2.83. The maximum absolute atomic E-state index is 6.58. The van der Waals surface area contributed by atoms with E-state index in [2.05, 4.69) is 22.3 Å². The van der Waals surface area contributed by atoms with Crippen LogP contribution in [0.3, 0.4) is 0 Å². The highest BCUT2D eigenvalue weighted by Crippen LogP contribution is 2.32. The predicted octanol–water partition coefficient (Wildman–Crippen LogP) is 7.84. The van der Waals surface area contributed by atoms with E-state index in [4.69, 9.17) is 44.3 Å². The summed E-state index contributed by atoms with van der Waals surface area (Å²) in [6.07, 6.45) is 3.76. The van der Waals surface area contributed by atoms with Gasteiger partial charge in [-0.2, -0.15) is 0 Å². The van der Waals surface area contributed by atoms with Crippen LogP contribution in [0.25, 0.3) is 0 Å². The van der Waals surface area contributed by atoms with Gasteiger partial charge in [-0.3, -0.25) is 0 Å². The van der Waals surface area contributed by atoms with Crippen molar-refractivity contribution in [2.24, 2.45) is 0 Å². The van der Waals surface area contributed by atoms with E-state index in [0.29, 0.717) is 34.7 Å². The Balaban J connectivity index is 1.38. The lowest BCUT2D eigenvalue weighted by molar-refractivity contribution is 0.284. The zero-order valence-corrected chi connectivity index (χ0v) is 20.8. The minimum Gasteiger partial charge on any atom is -0.493 e. The van der Waals surface area contributed by atoms with Crippen molar-refractivity contribution in [2.75, 3.05) is 30.4 Å². The summed E-state index contributed by atoms with van der Waals surface area (Å²) >= 11 is 18.8. The van der Waals surface area contributed by atoms with E-state index in [1.54, 1.807) is 19.2 Å². The summed E-state index contributed by atoms with van der Waals surface area (Å²) in [4.78, 5) is 2.37. The Hall–Kier alpha value is -2.27. The number of hydrogen-bond acceptors (Lipinski definition) is 4. The quantitative estimate of drug-likeness (QED) is 0.338. The van der Waals surface area contributed by atoms with E-state index in [9.17, 15) is 0 Å². The fourth-order valence-electron chi connectivity index (χ4n) is 3.95. The van der Waals surface area contributed by atoms with Gasteiger partial charge in [0.15, 0.2) is 11.5 Å². The molecule has 0 aliphatic carbocycles. The number of ether oxygens (including phenoxy) is 2. The van der Waals surface area contributed by atoms with Gasteiger partial charge in [-0.1, -0.05) is 46.9 Å². The molecule has 1 aliphatic rings. The summed E-state index contributed by atoms with van der Waals surface area (Å²) in [5.41, 5.74) is 4.03. The lowest BCUT2D eigenvalue weighted by Gasteiger charge is -2.29. The fourth-order valence-corrected chi connectivity index (χ4v) is 4.71. The minimum absolute atomic E-state index is 0.325. The summed E-state index contributed by atoms with van der Waals surface area (Å²) in [6, 6.07) is 17.4. The lowest BCUT2D eigenvalue weighted by atomic mass is 10.1. The van der Waals surface area contributed by atoms with E-state index in [-0.39, 0.29) is 0 Å². The molecule has 174 valence electrons. The van der Waals surface area contributed by atoms with Gasteiger partial charge in [0.1, 0.15) is 6.61 Å². The van der Waals surface area contributed by atoms with Crippen molar-refractivity contribution in [3.8, 4) is 11.5 Å². The molecule has 0 bridgehead atoms. The van der Waals surface area contributed by atoms with Gasteiger partial charge in [0.2, 0.25) is 0 Å². The van der Waals surface area contributed by atoms with Crippen LogP contribution in [0.15, 0.2) is 54.6 Å². The van der Waals surface area contributed by atoms with Gasteiger partial charge in [0.05, 0.1) is 17.8 Å². The third kappa shape index (κ3) is 6.20. The number of methoxy groups -OCH3 is 1. The third-order valence-corrected chi connectivity index (χ3v) is 6.66. The third-order valence-electron chi connectivity index (χ3n) is 5.77. The zero-order valence-electron chi connectivity index (χ0n) is 18.5. The van der Waals surface area contributed by atoms with Crippen LogP contribution in [0.5, 0.6) is 11.5 Å². The first-order valence-corrected chi connectivity index (χ1v) is 12.2. The van der Waals surface area contributed by atoms with Gasteiger partial charge >= 0.3 is 0 Å². The molecular formula is C26H27Cl3N2O2. The van der Waals surface area contributed by atoms with E-state index in [0.717, 1.165) is 40.6 Å². The van der Waals surface area contributed by atoms with Gasteiger partial charge < -0.3 is 19.7 Å². The summed E-state index contributed by atoms with van der Waals surface area (Å²) in [5.74, 6) is 1.32. The number of anilines is 2. The molecule has 1 N–H and O–H groups in total. The molecule has 3 aromatic carbocycles. The van der Waals surface area contributed by atoms with E-state index < -0.39 is 0 Å². The van der Waals surface area contributed by atoms with Gasteiger partial charge in [-0.15, -0.1) is 0 Å². The standard InChI is InChI=1S/C26H27Cl3N2O2/c1-32-26-13-18(5-10-25(26)33-17-19-6-7-20(27)14-22(19)28)16-30-21-8-9-24(23(29)15-21)31-11-3-2-4-12-31/h5-10,13-15,30H,2-4,11-12,16-17H2,1H3. The Morgan fingerprint density at radius 3 is 2.39 bits per heavy atom. The second-order valence-corrected chi connectivity index (χ2v) is 9.33. The van der Waals surface area contributed by atoms with Crippen molar-refractivity contribution < 1.29 is 9.47 Å². The molecule has 1 saturated heterocycles. The fraction of sp³-hybridized carbons (Fsp3) is 0.308. The predicted molar refractivity (Wildman–Crippen MR) is 139 cm³/mol. The number of nitrogens with zero attached hydrogens (tertiary/aromatic N) is 1. The largest absolute Gasteiger partial charge is 0.493 e. The first-order valence-electron chi connectivity index (χ1n) is 11.1. The number of benzene rings is 3. The van der Waals surface area contributed by atoms with Crippen LogP contribution in [0.4, 0.5) is 11.4 Å². The van der Waals surface area contributed by atoms with Crippen LogP contribution in [-0.2, 0) is 13.2 Å². The molecule has 1 heterocycles. The number of piperidine rings is 1. The van der Waals surface area contributed by atoms with Crippen LogP contribution < -0.4 is 19.7 Å². The molecule has 4 nitrogen and oxygen atoms in total. The van der Waals surface area contributed by atoms with E-state index >= 15 is 0 Å². The minimum atomic E-state index is 0.325. The normalized spacial score (nSPS) is 13.6. The molecule has 1 fully saturated rings. The number of nitrogens with one attached hydrogen (secondary N) is 1. The molecule has 0 atom stereocenters. The van der Waals surface area contributed by atoms with Gasteiger partial charge in [-0.05, 0) is 67.3 Å². The van der Waals surface area contributed by atoms with Gasteiger partial charge in [-0.25, -0.2) is 0 Å². The Morgan fingerprint density at radius 1 is 0.848 bits per heavy atom. The summed E-state index contributed by atoms with van der Waals surface area (Å²) < 4.78 is 11.5. The molecule has 0 spiro atoms. The summed E-state index contributed by atoms with van der Waals surface area (Å²) in [6.45, 7) is 3.11. The molecule has 0 amide bonds. The molecule has 0 unspecified atom stereocenters. The maximum atomic E-state index is 6.58. The summed E-state index contributed by atoms with van der Waals surface area (Å²) in [5, 5.41) is 5.40. The number of hydrogen-bond donors (Lipinski definition) is 1. The van der Waals surface area contributed by atoms with E-state index in [1.807, 2.05) is 30.3 Å². The van der Waals surface area contributed by atoms with Crippen LogP contribution in [0, 0.1) is 0 Å². The van der Waals surface area contributed by atoms with Gasteiger partial charge in [0, 0.05) is 40.9 Å². The molecular weight excluding hydrogens is 479 g/mol. The molecule has 3 aromatic rings. The van der Waals surface area contributed by atoms with Crippen molar-refractivity contribution >= 4 is 46.2 Å². The zero-order chi connectivity index (χ0) is 23.2. The highest BCUT2D eigenvalue weighted by Gasteiger charge is 2.14. The van der Waals surface area contributed by atoms with Crippen LogP contribution in [0.1, 0.15) is 30.4 Å². The molecule has 0 radical (unpaired) electrons. The van der Waals surface area contributed by atoms with Crippen LogP contribution in [-0.4, -0.2) is 20.2 Å². The van der Waals surface area contributed by atoms with Gasteiger partial charge in [0.25, 0.3) is 0 Å². The number of rotatable bonds is 8. The molecule has 0 saturated carbocycles. The van der Waals surface area contributed by atoms with E-state index in [1.165, 1.54) is 19.3 Å². The van der Waals surface area contributed by atoms with Crippen molar-refractivity contribution in [3.63, 3.8) is 0 Å². The van der Waals surface area contributed by atoms with Crippen molar-refractivity contribution in [1.82, 2.24) is 0 Å². The smallest absolute Gasteiger partial charge is 0.161 e. The highest BCUT2D eigenvalue weighted by molar-refractivity contribution is 6.35. The maximum Gasteiger partial charge on any atom is 0.161 e. The Kier molecular flexibility index (Phi) is 8.13. The Morgan fingerprint density at radius 2 is 1.67 bits per heavy atom. The first-order chi connectivity index (χ1) is 16.0. The second-order valence-electron chi connectivity index (χ2n) is 8.08. The average molecular weight is 506 g/mol. The SMILES string of the molecule is COc1cc(CNc2ccc(N3CCCCC3)c(Cl)c2)ccc1OCc1ccc(Cl)cc1Cl. The first kappa shape index (κ1) is 23.9. The molecule has 7 heteroatoms. The van der Waals surface area contributed by atoms with Crippen molar-refractivity contribution in [1.29, 1.82) is 0 Å². The Labute approximate surface area is 210 Å². The number of halogens is 3. The van der Waals surface area contributed by atoms with Crippen molar-refractivity contribution in [2.45, 2.75) is 32.4 Å². The Bertz CT molecular complexity index is 1100. The molecule has 4 rings (SSSR count). The molecule has 1 aliphatic heterocycles. The molecule has 33 heavy (non-hydrogen) atoms. The second kappa shape index (κ2) is 11.2. The topological polar surface area (TPSA) is 33.7 Å². The van der Waals surface area contributed by atoms with Crippen molar-refractivity contribution in [3.05, 3.63) is 80.8 Å². The summed E-state index contributed by atoms with van der Waals surface area (Å²) in [7, 11) is 1.63. The lowest BCUT2D eigenvalue weighted by Crippen LogP contribution is -2.29. The molecule has 0 aromatic heterocycles. The van der Waals surface area contributed by atoms with Crippen LogP contribution in [0.2, 0.25) is 15.1 Å². The monoisotopic (exact) mass is 504 g/mol.